The molecule has 0 spiro atoms. The number of aromatic nitrogens is 2. The van der Waals surface area contributed by atoms with Crippen molar-refractivity contribution in [2.45, 2.75) is 156 Å². The van der Waals surface area contributed by atoms with E-state index in [0.29, 0.717) is 83.9 Å². The highest BCUT2D eigenvalue weighted by Crippen LogP contribution is 2.39. The number of aliphatic hydroxyl groups is 1. The highest BCUT2D eigenvalue weighted by Gasteiger charge is 2.36. The van der Waals surface area contributed by atoms with Crippen molar-refractivity contribution in [1.82, 2.24) is 34.5 Å². The lowest BCUT2D eigenvalue weighted by Gasteiger charge is -2.35. The van der Waals surface area contributed by atoms with E-state index >= 15 is 0 Å². The maximum atomic E-state index is 13.0. The minimum atomic E-state index is -0.0146. The number of aliphatic hydroxyl groups excluding tert-OH is 1. The molecule has 4 atom stereocenters. The van der Waals surface area contributed by atoms with Gasteiger partial charge in [0.1, 0.15) is 11.7 Å². The molecule has 0 aliphatic carbocycles. The summed E-state index contributed by atoms with van der Waals surface area (Å²) in [5, 5.41) is 9.90. The number of fused-ring (bicyclic) bond motifs is 9. The Balaban J connectivity index is 0.000000110. The molecule has 3 N–H and O–H groups in total. The van der Waals surface area contributed by atoms with E-state index in [4.69, 9.17) is 15.7 Å². The Morgan fingerprint density at radius 3 is 1.45 bits per heavy atom. The molecule has 0 bridgehead atoms. The largest absolute Gasteiger partial charge is 0.392 e. The van der Waals surface area contributed by atoms with Crippen LogP contribution < -0.4 is 5.73 Å². The van der Waals surface area contributed by atoms with Crippen LogP contribution in [0.15, 0.2) is 208 Å². The second kappa shape index (κ2) is 29.9. The van der Waals surface area contributed by atoms with Gasteiger partial charge in [0.05, 0.1) is 106 Å². The Kier molecular flexibility index (Phi) is 19.6. The second-order valence-electron chi connectivity index (χ2n) is 29.3. The zero-order chi connectivity index (χ0) is 73.6. The van der Waals surface area contributed by atoms with Crippen molar-refractivity contribution in [2.75, 3.05) is 6.54 Å². The Hall–Kier alpha value is -11.3. The van der Waals surface area contributed by atoms with E-state index in [9.17, 15) is 24.3 Å². The number of amidine groups is 2. The number of amides is 4. The first-order valence-corrected chi connectivity index (χ1v) is 38.1. The van der Waals surface area contributed by atoms with E-state index in [1.165, 1.54) is 66.2 Å². The van der Waals surface area contributed by atoms with Crippen molar-refractivity contribution in [3.8, 4) is 0 Å². The molecule has 4 amide bonds. The molecule has 107 heavy (non-hydrogen) atoms. The molecule has 18 heteroatoms. The minimum Gasteiger partial charge on any atom is -0.392 e. The number of hydrogen-bond acceptors (Lipinski definition) is 14. The van der Waals surface area contributed by atoms with Gasteiger partial charge < -0.3 is 35.3 Å². The maximum Gasteiger partial charge on any atom is 0.227 e. The van der Waals surface area contributed by atoms with Crippen LogP contribution in [-0.4, -0.2) is 93.3 Å². The molecule has 0 fully saturated rings. The topological polar surface area (TPSA) is 206 Å². The standard InChI is InChI=1S/C25H24N4OS.C25H23N3O.C20H20N2O2.C19H19N3O/c1-16(17-5-3-2-4-6-17)29-13-20-10-21-19(9-18(20)11-24(29)30)12-26-25(21)28-8-7-22-23(14-28)31-15-27-22;1-16-10-19(8-9-26-16)25-23-12-22-15-28(17(2)18-6-4-3-5-7-18)24(29)13-20(22)11-21(23)14-27-25;1-13(14-5-3-2-4-6-14)22-11-18-15(8-20(22)24)7-16-9-21-10-17(16)19(18)12-23;1-12(13-5-3-2-4-6-13)22-11-16-8-17-15(10-21-19(17)20)7-14(16)9-18(22)23/h2-6,9-10,15-16H,7-8,11-14H2,1H3;3-12,17H,13-15H2,1-2H3;2-7,10,13,23H,8-9,11-12H2,1H3;2-8,12H,9-11H2,1H3,(H2,20,21)/t16-;17-;13-;12-/m1111/s1. The zero-order valence-corrected chi connectivity index (χ0v) is 61.9. The van der Waals surface area contributed by atoms with Gasteiger partial charge in [-0.3, -0.25) is 44.1 Å². The first kappa shape index (κ1) is 70.0. The zero-order valence-electron chi connectivity index (χ0n) is 61.1. The van der Waals surface area contributed by atoms with E-state index in [-0.39, 0.29) is 54.4 Å². The third-order valence-electron chi connectivity index (χ3n) is 22.8. The number of nitrogens with zero attached hydrogens (tertiary/aromatic N) is 11. The van der Waals surface area contributed by atoms with Crippen LogP contribution >= 0.6 is 11.3 Å². The highest BCUT2D eigenvalue weighted by molar-refractivity contribution is 7.09. The number of aryl methyl sites for hydroxylation is 1. The smallest absolute Gasteiger partial charge is 0.227 e. The van der Waals surface area contributed by atoms with Gasteiger partial charge in [0, 0.05) is 89.9 Å². The number of thiazole rings is 1. The lowest BCUT2D eigenvalue weighted by atomic mass is 9.88. The van der Waals surface area contributed by atoms with E-state index in [1.54, 1.807) is 11.3 Å². The lowest BCUT2D eigenvalue weighted by Crippen LogP contribution is -2.38. The lowest BCUT2D eigenvalue weighted by molar-refractivity contribution is -0.135. The number of aliphatic imine (C=N–C) groups is 4. The van der Waals surface area contributed by atoms with Gasteiger partial charge in [0.2, 0.25) is 23.6 Å². The molecule has 538 valence electrons. The number of carbonyl (C=O) groups is 4. The summed E-state index contributed by atoms with van der Waals surface area (Å²) in [6, 6.07) is 60.4. The predicted molar refractivity (Wildman–Crippen MR) is 419 cm³/mol. The van der Waals surface area contributed by atoms with Crippen LogP contribution in [0, 0.1) is 6.92 Å². The second-order valence-corrected chi connectivity index (χ2v) is 30.2. The summed E-state index contributed by atoms with van der Waals surface area (Å²) in [7, 11) is 0. The summed E-state index contributed by atoms with van der Waals surface area (Å²) in [6.45, 7) is 17.4. The summed E-state index contributed by atoms with van der Waals surface area (Å²) in [5.74, 6) is 2.44. The quantitative estimate of drug-likeness (QED) is 0.133. The Bertz CT molecular complexity index is 5270. The molecule has 0 saturated heterocycles. The summed E-state index contributed by atoms with van der Waals surface area (Å²) >= 11 is 1.74. The number of carbonyl (C=O) groups excluding carboxylic acids is 4. The minimum absolute atomic E-state index is 0.0142. The molecular weight excluding hydrogens is 1350 g/mol. The number of pyridine rings is 1. The van der Waals surface area contributed by atoms with Crippen LogP contribution in [0.3, 0.4) is 0 Å². The SMILES string of the molecule is C[C@H](c1ccccc1)N1Cc2c(cc3c(c2CO)C=NC3)CC1=O.C[C@H](c1ccccc1)N1Cc2cc3c(cc2CC1=O)CN=C3N.C[C@H](c1ccccc1)N1Cc2cc3c(cc2CC1=O)CN=C3N1CCc2ncsc2C1.Cc1cc(C2=NCc3cc4c(cc32)CN([C@H](C)c2ccccc2)C(=O)C4)ccn1. The fourth-order valence-corrected chi connectivity index (χ4v) is 17.5. The van der Waals surface area contributed by atoms with Crippen molar-refractivity contribution in [2.24, 2.45) is 25.7 Å². The third kappa shape index (κ3) is 14.0. The van der Waals surface area contributed by atoms with Gasteiger partial charge in [0.25, 0.3) is 0 Å². The van der Waals surface area contributed by atoms with Crippen molar-refractivity contribution < 1.29 is 24.3 Å². The monoisotopic (exact) mass is 1430 g/mol. The number of benzene rings is 8. The van der Waals surface area contributed by atoms with Gasteiger partial charge in [-0.2, -0.15) is 0 Å². The van der Waals surface area contributed by atoms with E-state index < -0.39 is 0 Å². The maximum absolute atomic E-state index is 13.0. The summed E-state index contributed by atoms with van der Waals surface area (Å²) in [5.41, 5.74) is 36.3. The molecule has 11 heterocycles. The Morgan fingerprint density at radius 1 is 0.467 bits per heavy atom. The normalized spacial score (nSPS) is 17.3. The van der Waals surface area contributed by atoms with Gasteiger partial charge >= 0.3 is 0 Å². The van der Waals surface area contributed by atoms with Crippen LogP contribution in [-0.2, 0) is 117 Å². The molecule has 10 aromatic rings. The first-order valence-electron chi connectivity index (χ1n) is 37.2. The predicted octanol–water partition coefficient (Wildman–Crippen LogP) is 13.8. The Labute approximate surface area is 628 Å². The highest BCUT2D eigenvalue weighted by atomic mass is 32.1. The average Bonchev–Trinajstić information content (AvgIpc) is 1.74. The molecule has 8 aromatic carbocycles. The van der Waals surface area contributed by atoms with Gasteiger partial charge in [-0.05, 0) is 160 Å². The molecule has 0 unspecified atom stereocenters. The summed E-state index contributed by atoms with van der Waals surface area (Å²) in [4.78, 5) is 89.9. The van der Waals surface area contributed by atoms with Crippen LogP contribution in [0.1, 0.15) is 191 Å². The fraction of sp³-hybridized carbons (Fsp3) is 0.281. The summed E-state index contributed by atoms with van der Waals surface area (Å²) in [6.07, 6.45) is 6.46. The van der Waals surface area contributed by atoms with Crippen molar-refractivity contribution in [1.29, 1.82) is 0 Å². The molecule has 9 aliphatic rings. The molecule has 0 radical (unpaired) electrons. The van der Waals surface area contributed by atoms with E-state index in [1.807, 2.05) is 123 Å². The van der Waals surface area contributed by atoms with Crippen molar-refractivity contribution in [3.05, 3.63) is 326 Å². The van der Waals surface area contributed by atoms with Gasteiger partial charge in [-0.25, -0.2) is 4.98 Å². The third-order valence-corrected chi connectivity index (χ3v) is 23.7. The van der Waals surface area contributed by atoms with E-state index in [0.717, 1.165) is 104 Å². The molecule has 19 rings (SSSR count). The molecule has 17 nitrogen and oxygen atoms in total. The molecule has 2 aromatic heterocycles. The van der Waals surface area contributed by atoms with Crippen LogP contribution in [0.2, 0.25) is 0 Å². The van der Waals surface area contributed by atoms with Crippen molar-refractivity contribution in [3.63, 3.8) is 0 Å². The number of nitrogens with two attached hydrogens (primary N) is 1. The molecular formula is C89H86N12O5S. The summed E-state index contributed by atoms with van der Waals surface area (Å²) < 4.78 is 0. The van der Waals surface area contributed by atoms with Crippen molar-refractivity contribution >= 4 is 58.6 Å². The molecule has 0 saturated carbocycles. The first-order chi connectivity index (χ1) is 52.1. The van der Waals surface area contributed by atoms with Gasteiger partial charge in [-0.15, -0.1) is 11.3 Å². The van der Waals surface area contributed by atoms with E-state index in [2.05, 4.69) is 150 Å². The Morgan fingerprint density at radius 2 is 0.925 bits per heavy atom. The van der Waals surface area contributed by atoms with Gasteiger partial charge in [-0.1, -0.05) is 146 Å². The fourth-order valence-electron chi connectivity index (χ4n) is 16.7. The van der Waals surface area contributed by atoms with Crippen LogP contribution in [0.25, 0.3) is 0 Å². The van der Waals surface area contributed by atoms with Crippen LogP contribution in [0.5, 0.6) is 0 Å². The molecule has 9 aliphatic heterocycles. The number of hydrogen-bond donors (Lipinski definition) is 2. The number of rotatable bonds is 10. The average molecular weight is 1440 g/mol. The van der Waals surface area contributed by atoms with Crippen LogP contribution in [0.4, 0.5) is 0 Å². The van der Waals surface area contributed by atoms with Gasteiger partial charge in [0.15, 0.2) is 0 Å².